The quantitative estimate of drug-likeness (QED) is 0.172. The molecular formula is C72H47NO2. The van der Waals surface area contributed by atoms with E-state index in [1.807, 2.05) is 0 Å². The molecule has 0 N–H and O–H groups in total. The maximum Gasteiger partial charge on any atom is 0.132 e. The van der Waals surface area contributed by atoms with E-state index in [2.05, 4.69) is 272 Å². The van der Waals surface area contributed by atoms with E-state index in [1.54, 1.807) is 0 Å². The molecule has 16 rings (SSSR count). The third kappa shape index (κ3) is 5.81. The second-order valence-electron chi connectivity index (χ2n) is 20.5. The third-order valence-corrected chi connectivity index (χ3v) is 16.9. The van der Waals surface area contributed by atoms with Crippen LogP contribution in [-0.4, -0.2) is 0 Å². The summed E-state index contributed by atoms with van der Waals surface area (Å²) in [5.74, 6) is 3.85. The van der Waals surface area contributed by atoms with Crippen LogP contribution in [0.15, 0.2) is 267 Å². The van der Waals surface area contributed by atoms with Crippen LogP contribution in [0.1, 0.15) is 68.0 Å². The topological polar surface area (TPSA) is 21.7 Å². The van der Waals surface area contributed by atoms with Gasteiger partial charge in [0.1, 0.15) is 23.0 Å². The van der Waals surface area contributed by atoms with Crippen molar-refractivity contribution in [2.45, 2.75) is 23.2 Å². The molecule has 11 aromatic rings. The lowest BCUT2D eigenvalue weighted by molar-refractivity contribution is 0.436. The summed E-state index contributed by atoms with van der Waals surface area (Å²) in [5.41, 5.74) is 20.3. The van der Waals surface area contributed by atoms with E-state index in [1.165, 1.54) is 72.0 Å². The fraction of sp³-hybridized carbons (Fsp3) is 0.0556. The number of hydrogen-bond donors (Lipinski definition) is 0. The summed E-state index contributed by atoms with van der Waals surface area (Å²) in [5, 5.41) is 2.39. The van der Waals surface area contributed by atoms with E-state index >= 15 is 0 Å². The van der Waals surface area contributed by atoms with Gasteiger partial charge in [-0.25, -0.2) is 0 Å². The van der Waals surface area contributed by atoms with Gasteiger partial charge in [-0.1, -0.05) is 212 Å². The fourth-order valence-electron chi connectivity index (χ4n) is 13.9. The van der Waals surface area contributed by atoms with Crippen molar-refractivity contribution < 1.29 is 9.47 Å². The summed E-state index contributed by atoms with van der Waals surface area (Å²) in [6.07, 6.45) is 8.09. The van der Waals surface area contributed by atoms with Gasteiger partial charge in [0.05, 0.1) is 16.5 Å². The standard InChI is InChI=1S/C72H47NO2/c1-2-18-46(19-3-1)47-34-36-48(37-35-47)52-20-6-13-29-65(52)73(51-41-43-55-53-21-4-7-23-58(53)71(64(55)45-51)60-25-9-14-30-66(60)74-67-31-15-10-26-61(67)71)50-40-38-49-39-42-56-54-22-5-8-24-59(54)72(70(56)57(49)44-50)62-27-11-16-32-68(62)75-69-33-17-12-28-63(69)72/h1-34,36-45,47H,35H2. The van der Waals surface area contributed by atoms with Gasteiger partial charge in [-0.05, 0) is 127 Å². The van der Waals surface area contributed by atoms with Crippen LogP contribution in [0.25, 0.3) is 38.6 Å². The van der Waals surface area contributed by atoms with Crippen molar-refractivity contribution in [3.05, 3.63) is 323 Å². The van der Waals surface area contributed by atoms with Gasteiger partial charge in [0.25, 0.3) is 0 Å². The van der Waals surface area contributed by atoms with Crippen molar-refractivity contribution in [3.63, 3.8) is 0 Å². The number of fused-ring (bicyclic) bond motifs is 20. The highest BCUT2D eigenvalue weighted by Gasteiger charge is 2.53. The molecule has 0 saturated carbocycles. The average Bonchev–Trinajstić information content (AvgIpc) is 4.19. The van der Waals surface area contributed by atoms with Crippen LogP contribution >= 0.6 is 0 Å². The Hall–Kier alpha value is -9.44. The summed E-state index contributed by atoms with van der Waals surface area (Å²) in [6.45, 7) is 0. The lowest BCUT2D eigenvalue weighted by atomic mass is 9.65. The highest BCUT2D eigenvalue weighted by Crippen LogP contribution is 2.65. The molecule has 11 aromatic carbocycles. The molecule has 0 bridgehead atoms. The highest BCUT2D eigenvalue weighted by molar-refractivity contribution is 6.04. The van der Waals surface area contributed by atoms with Gasteiger partial charge in [-0.2, -0.15) is 0 Å². The molecule has 2 heterocycles. The fourth-order valence-corrected chi connectivity index (χ4v) is 13.9. The lowest BCUT2D eigenvalue weighted by Gasteiger charge is -2.40. The second kappa shape index (κ2) is 16.0. The largest absolute Gasteiger partial charge is 0.457 e. The SMILES string of the molecule is C1=CC(c2ccccc2)CC=C1c1ccccc1N(c1ccc2c(c1)C1(c3ccccc3Oc3ccccc31)c1ccccc1-2)c1ccc2ccc3c(c2c1)C1(c2ccccc2Oc2ccccc21)c1ccccc1-3. The first-order valence-electron chi connectivity index (χ1n) is 26.2. The minimum Gasteiger partial charge on any atom is -0.457 e. The van der Waals surface area contributed by atoms with E-state index < -0.39 is 10.8 Å². The zero-order valence-corrected chi connectivity index (χ0v) is 41.0. The predicted octanol–water partition coefficient (Wildman–Crippen LogP) is 18.4. The first kappa shape index (κ1) is 42.1. The molecule has 0 radical (unpaired) electrons. The van der Waals surface area contributed by atoms with E-state index in [9.17, 15) is 0 Å². The number of para-hydroxylation sites is 5. The molecule has 2 aliphatic heterocycles. The van der Waals surface area contributed by atoms with Crippen molar-refractivity contribution in [1.29, 1.82) is 0 Å². The molecule has 0 aromatic heterocycles. The monoisotopic (exact) mass is 957 g/mol. The number of nitrogens with zero attached hydrogens (tertiary/aromatic N) is 1. The van der Waals surface area contributed by atoms with Crippen LogP contribution in [0.4, 0.5) is 17.1 Å². The molecule has 0 fully saturated rings. The number of allylic oxidation sites excluding steroid dienone is 4. The first-order valence-corrected chi connectivity index (χ1v) is 26.2. The smallest absolute Gasteiger partial charge is 0.132 e. The number of ether oxygens (including phenoxy) is 2. The molecule has 3 nitrogen and oxygen atoms in total. The third-order valence-electron chi connectivity index (χ3n) is 16.9. The molecule has 75 heavy (non-hydrogen) atoms. The number of anilines is 3. The zero-order valence-electron chi connectivity index (χ0n) is 41.0. The Morgan fingerprint density at radius 3 is 1.47 bits per heavy atom. The van der Waals surface area contributed by atoms with E-state index in [0.29, 0.717) is 5.92 Å². The Labute approximate surface area is 436 Å². The average molecular weight is 958 g/mol. The molecule has 3 heteroatoms. The second-order valence-corrected chi connectivity index (χ2v) is 20.5. The minimum absolute atomic E-state index is 0.317. The Kier molecular flexibility index (Phi) is 9.00. The van der Waals surface area contributed by atoms with Gasteiger partial charge in [0, 0.05) is 45.1 Å². The Balaban J connectivity index is 0.970. The van der Waals surface area contributed by atoms with Crippen LogP contribution in [0.3, 0.4) is 0 Å². The summed E-state index contributed by atoms with van der Waals surface area (Å²) >= 11 is 0. The molecule has 0 saturated heterocycles. The van der Waals surface area contributed by atoms with Crippen molar-refractivity contribution in [3.8, 4) is 45.3 Å². The van der Waals surface area contributed by atoms with Crippen LogP contribution in [0, 0.1) is 0 Å². The van der Waals surface area contributed by atoms with Crippen molar-refractivity contribution in [1.82, 2.24) is 0 Å². The van der Waals surface area contributed by atoms with Gasteiger partial charge in [0.15, 0.2) is 0 Å². The number of rotatable bonds is 5. The number of benzene rings is 11. The maximum atomic E-state index is 6.81. The Bertz CT molecular complexity index is 4170. The molecular weight excluding hydrogens is 911 g/mol. The summed E-state index contributed by atoms with van der Waals surface area (Å²) in [6, 6.07) is 91.6. The van der Waals surface area contributed by atoms with Gasteiger partial charge >= 0.3 is 0 Å². The van der Waals surface area contributed by atoms with Crippen LogP contribution in [0.2, 0.25) is 0 Å². The van der Waals surface area contributed by atoms with Crippen molar-refractivity contribution in [2.75, 3.05) is 4.90 Å². The molecule has 1 atom stereocenters. The normalized spacial score (nSPS) is 16.0. The molecule has 5 aliphatic rings. The summed E-state index contributed by atoms with van der Waals surface area (Å²) in [4.78, 5) is 2.53. The van der Waals surface area contributed by atoms with Crippen LogP contribution in [-0.2, 0) is 10.8 Å². The first-order chi connectivity index (χ1) is 37.2. The van der Waals surface area contributed by atoms with E-state index in [4.69, 9.17) is 9.47 Å². The van der Waals surface area contributed by atoms with E-state index in [-0.39, 0.29) is 0 Å². The van der Waals surface area contributed by atoms with Crippen LogP contribution < -0.4 is 14.4 Å². The molecule has 2 spiro atoms. The van der Waals surface area contributed by atoms with Crippen LogP contribution in [0.5, 0.6) is 23.0 Å². The van der Waals surface area contributed by atoms with Crippen molar-refractivity contribution >= 4 is 33.4 Å². The highest BCUT2D eigenvalue weighted by atomic mass is 16.5. The molecule has 1 unspecified atom stereocenters. The molecule has 352 valence electrons. The minimum atomic E-state index is -0.638. The van der Waals surface area contributed by atoms with Gasteiger partial charge < -0.3 is 14.4 Å². The Morgan fingerprint density at radius 2 is 0.840 bits per heavy atom. The summed E-state index contributed by atoms with van der Waals surface area (Å²) in [7, 11) is 0. The Morgan fingerprint density at radius 1 is 0.373 bits per heavy atom. The van der Waals surface area contributed by atoms with Gasteiger partial charge in [-0.3, -0.25) is 0 Å². The maximum absolute atomic E-state index is 6.81. The predicted molar refractivity (Wildman–Crippen MR) is 304 cm³/mol. The number of hydrogen-bond acceptors (Lipinski definition) is 3. The van der Waals surface area contributed by atoms with Gasteiger partial charge in [0.2, 0.25) is 0 Å². The zero-order chi connectivity index (χ0) is 49.2. The molecule has 0 amide bonds. The van der Waals surface area contributed by atoms with Gasteiger partial charge in [-0.15, -0.1) is 0 Å². The van der Waals surface area contributed by atoms with E-state index in [0.717, 1.165) is 68.7 Å². The molecule has 3 aliphatic carbocycles. The summed E-state index contributed by atoms with van der Waals surface area (Å²) < 4.78 is 13.6. The lowest BCUT2D eigenvalue weighted by Crippen LogP contribution is -2.32. The van der Waals surface area contributed by atoms with Crippen molar-refractivity contribution in [2.24, 2.45) is 0 Å².